The van der Waals surface area contributed by atoms with E-state index in [-0.39, 0.29) is 6.54 Å². The van der Waals surface area contributed by atoms with Crippen LogP contribution in [0.5, 0.6) is 5.75 Å². The molecule has 0 heterocycles. The molecule has 0 saturated heterocycles. The summed E-state index contributed by atoms with van der Waals surface area (Å²) in [5.41, 5.74) is 6.71. The van der Waals surface area contributed by atoms with Crippen LogP contribution in [0.15, 0.2) is 18.2 Å². The fourth-order valence-electron chi connectivity index (χ4n) is 1.33. The molecule has 0 aromatic heterocycles. The fraction of sp³-hybridized carbons (Fsp3) is 0.400. The van der Waals surface area contributed by atoms with Gasteiger partial charge in [0.25, 0.3) is 0 Å². The van der Waals surface area contributed by atoms with Crippen LogP contribution in [0, 0.1) is 6.92 Å². The minimum Gasteiger partial charge on any atom is -0.496 e. The molecular weight excluding hydrogens is 169 g/mol. The smallest absolute Gasteiger partial charge is 0.141 e. The van der Waals surface area contributed by atoms with Gasteiger partial charge in [-0.2, -0.15) is 0 Å². The molecule has 0 radical (unpaired) electrons. The number of aryl methyl sites for hydroxylation is 1. The number of ether oxygens (including phenoxy) is 1. The van der Waals surface area contributed by atoms with Crippen molar-refractivity contribution in [3.63, 3.8) is 0 Å². The van der Waals surface area contributed by atoms with Crippen LogP contribution in [-0.2, 0) is 0 Å². The SMILES string of the molecule is COc1c(C)cccc1C(F)CN. The van der Waals surface area contributed by atoms with E-state index in [0.29, 0.717) is 11.3 Å². The maximum absolute atomic E-state index is 13.3. The average molecular weight is 183 g/mol. The summed E-state index contributed by atoms with van der Waals surface area (Å²) in [6.45, 7) is 1.87. The minimum absolute atomic E-state index is 0.0141. The lowest BCUT2D eigenvalue weighted by molar-refractivity contribution is 0.330. The van der Waals surface area contributed by atoms with E-state index >= 15 is 0 Å². The maximum atomic E-state index is 13.3. The molecule has 2 N–H and O–H groups in total. The Kier molecular flexibility index (Phi) is 3.25. The molecule has 1 atom stereocenters. The van der Waals surface area contributed by atoms with Crippen LogP contribution < -0.4 is 10.5 Å². The molecule has 13 heavy (non-hydrogen) atoms. The van der Waals surface area contributed by atoms with E-state index in [1.54, 1.807) is 12.1 Å². The quantitative estimate of drug-likeness (QED) is 0.777. The molecule has 1 rings (SSSR count). The van der Waals surface area contributed by atoms with Crippen LogP contribution in [0.2, 0.25) is 0 Å². The minimum atomic E-state index is -1.14. The van der Waals surface area contributed by atoms with Gasteiger partial charge in [-0.3, -0.25) is 0 Å². The highest BCUT2D eigenvalue weighted by Gasteiger charge is 2.14. The van der Waals surface area contributed by atoms with Crippen molar-refractivity contribution < 1.29 is 9.13 Å². The molecule has 72 valence electrons. The van der Waals surface area contributed by atoms with E-state index in [1.807, 2.05) is 13.0 Å². The second-order valence-corrected chi connectivity index (χ2v) is 2.90. The Hall–Kier alpha value is -1.09. The monoisotopic (exact) mass is 183 g/mol. The molecule has 0 aliphatic carbocycles. The van der Waals surface area contributed by atoms with Crippen LogP contribution in [0.1, 0.15) is 17.3 Å². The van der Waals surface area contributed by atoms with Gasteiger partial charge in [-0.25, -0.2) is 4.39 Å². The van der Waals surface area contributed by atoms with Gasteiger partial charge in [0.1, 0.15) is 11.9 Å². The van der Waals surface area contributed by atoms with Crippen LogP contribution in [0.3, 0.4) is 0 Å². The van der Waals surface area contributed by atoms with E-state index in [0.717, 1.165) is 5.56 Å². The molecule has 1 unspecified atom stereocenters. The summed E-state index contributed by atoms with van der Waals surface area (Å²) in [4.78, 5) is 0. The first-order valence-corrected chi connectivity index (χ1v) is 4.18. The van der Waals surface area contributed by atoms with Gasteiger partial charge in [0.2, 0.25) is 0 Å². The summed E-state index contributed by atoms with van der Waals surface area (Å²) in [5.74, 6) is 0.598. The summed E-state index contributed by atoms with van der Waals surface area (Å²) in [6.07, 6.45) is -1.14. The Labute approximate surface area is 77.5 Å². The van der Waals surface area contributed by atoms with Crippen molar-refractivity contribution >= 4 is 0 Å². The van der Waals surface area contributed by atoms with Crippen molar-refractivity contribution in [3.05, 3.63) is 29.3 Å². The first-order valence-electron chi connectivity index (χ1n) is 4.18. The van der Waals surface area contributed by atoms with Gasteiger partial charge in [-0.15, -0.1) is 0 Å². The number of methoxy groups -OCH3 is 1. The number of hydrogen-bond donors (Lipinski definition) is 1. The molecular formula is C10H14FNO. The van der Waals surface area contributed by atoms with Gasteiger partial charge in [0.15, 0.2) is 0 Å². The topological polar surface area (TPSA) is 35.2 Å². The molecule has 0 spiro atoms. The maximum Gasteiger partial charge on any atom is 0.141 e. The number of hydrogen-bond acceptors (Lipinski definition) is 2. The predicted molar refractivity (Wildman–Crippen MR) is 50.6 cm³/mol. The van der Waals surface area contributed by atoms with Crippen LogP contribution in [-0.4, -0.2) is 13.7 Å². The van der Waals surface area contributed by atoms with E-state index < -0.39 is 6.17 Å². The second kappa shape index (κ2) is 4.23. The third kappa shape index (κ3) is 1.98. The van der Waals surface area contributed by atoms with Crippen molar-refractivity contribution in [2.75, 3.05) is 13.7 Å². The highest BCUT2D eigenvalue weighted by molar-refractivity contribution is 5.42. The number of nitrogens with two attached hydrogens (primary N) is 1. The van der Waals surface area contributed by atoms with Crippen LogP contribution in [0.25, 0.3) is 0 Å². The summed E-state index contributed by atoms with van der Waals surface area (Å²) in [7, 11) is 1.54. The molecule has 0 fully saturated rings. The van der Waals surface area contributed by atoms with Crippen molar-refractivity contribution in [2.24, 2.45) is 5.73 Å². The first-order chi connectivity index (χ1) is 6.20. The van der Waals surface area contributed by atoms with E-state index in [4.69, 9.17) is 10.5 Å². The largest absolute Gasteiger partial charge is 0.496 e. The van der Waals surface area contributed by atoms with Crippen molar-refractivity contribution in [2.45, 2.75) is 13.1 Å². The summed E-state index contributed by atoms with van der Waals surface area (Å²) in [5, 5.41) is 0. The Balaban J connectivity index is 3.12. The summed E-state index contributed by atoms with van der Waals surface area (Å²) in [6, 6.07) is 5.38. The van der Waals surface area contributed by atoms with Crippen molar-refractivity contribution in [1.82, 2.24) is 0 Å². The standard InChI is InChI=1S/C10H14FNO/c1-7-4-3-5-8(9(11)6-12)10(7)13-2/h3-5,9H,6,12H2,1-2H3. The van der Waals surface area contributed by atoms with Gasteiger partial charge < -0.3 is 10.5 Å². The number of para-hydroxylation sites is 1. The first kappa shape index (κ1) is 9.99. The van der Waals surface area contributed by atoms with E-state index in [1.165, 1.54) is 7.11 Å². The lowest BCUT2D eigenvalue weighted by Crippen LogP contribution is -2.09. The highest BCUT2D eigenvalue weighted by Crippen LogP contribution is 2.29. The van der Waals surface area contributed by atoms with Gasteiger partial charge >= 0.3 is 0 Å². The Bertz CT molecular complexity index is 288. The highest BCUT2D eigenvalue weighted by atomic mass is 19.1. The van der Waals surface area contributed by atoms with Gasteiger partial charge in [0, 0.05) is 12.1 Å². The molecule has 1 aromatic rings. The second-order valence-electron chi connectivity index (χ2n) is 2.90. The lowest BCUT2D eigenvalue weighted by atomic mass is 10.1. The third-order valence-electron chi connectivity index (χ3n) is 1.99. The number of halogens is 1. The normalized spacial score (nSPS) is 12.6. The van der Waals surface area contributed by atoms with Crippen LogP contribution in [0.4, 0.5) is 4.39 Å². The zero-order valence-electron chi connectivity index (χ0n) is 7.88. The molecule has 0 aliphatic heterocycles. The van der Waals surface area contributed by atoms with Gasteiger partial charge in [0.05, 0.1) is 7.11 Å². The Morgan fingerprint density at radius 2 is 2.23 bits per heavy atom. The molecule has 3 heteroatoms. The summed E-state index contributed by atoms with van der Waals surface area (Å²) < 4.78 is 18.4. The van der Waals surface area contributed by atoms with Gasteiger partial charge in [-0.1, -0.05) is 18.2 Å². The lowest BCUT2D eigenvalue weighted by Gasteiger charge is -2.13. The zero-order valence-corrected chi connectivity index (χ0v) is 7.88. The molecule has 0 aliphatic rings. The average Bonchev–Trinajstić information content (AvgIpc) is 2.16. The van der Waals surface area contributed by atoms with Crippen molar-refractivity contribution in [1.29, 1.82) is 0 Å². The van der Waals surface area contributed by atoms with E-state index in [9.17, 15) is 4.39 Å². The van der Waals surface area contributed by atoms with Crippen LogP contribution >= 0.6 is 0 Å². The molecule has 2 nitrogen and oxygen atoms in total. The molecule has 0 saturated carbocycles. The summed E-state index contributed by atoms with van der Waals surface area (Å²) >= 11 is 0. The van der Waals surface area contributed by atoms with Gasteiger partial charge in [-0.05, 0) is 12.5 Å². The number of rotatable bonds is 3. The molecule has 1 aromatic carbocycles. The Morgan fingerprint density at radius 3 is 2.77 bits per heavy atom. The fourth-order valence-corrected chi connectivity index (χ4v) is 1.33. The number of alkyl halides is 1. The van der Waals surface area contributed by atoms with E-state index in [2.05, 4.69) is 0 Å². The molecule has 0 amide bonds. The predicted octanol–water partition coefficient (Wildman–Crippen LogP) is 1.97. The Morgan fingerprint density at radius 1 is 1.54 bits per heavy atom. The third-order valence-corrected chi connectivity index (χ3v) is 1.99. The van der Waals surface area contributed by atoms with Crippen molar-refractivity contribution in [3.8, 4) is 5.75 Å². The molecule has 0 bridgehead atoms. The zero-order chi connectivity index (χ0) is 9.84. The number of benzene rings is 1.